The molecule has 0 saturated carbocycles. The quantitative estimate of drug-likeness (QED) is 0.374. The van der Waals surface area contributed by atoms with Crippen molar-refractivity contribution >= 4 is 7.82 Å². The number of H-pyrrole nitrogens is 1. The Morgan fingerprint density at radius 2 is 1.80 bits per heavy atom. The number of hydrogen-bond acceptors (Lipinski definition) is 6. The van der Waals surface area contributed by atoms with Gasteiger partial charge in [-0.05, 0) is 18.9 Å². The van der Waals surface area contributed by atoms with Crippen LogP contribution in [0.15, 0.2) is 27.9 Å². The van der Waals surface area contributed by atoms with Crippen LogP contribution in [0.4, 0.5) is 17.6 Å². The van der Waals surface area contributed by atoms with E-state index in [9.17, 15) is 36.6 Å². The summed E-state index contributed by atoms with van der Waals surface area (Å²) in [6.07, 6.45) is -0.550. The molecule has 3 atom stereocenters. The number of ether oxygens (including phenoxy) is 1. The zero-order valence-electron chi connectivity index (χ0n) is 15.0. The first kappa shape index (κ1) is 22.4. The van der Waals surface area contributed by atoms with Gasteiger partial charge in [0.25, 0.3) is 5.56 Å². The molecule has 0 radical (unpaired) electrons. The highest BCUT2D eigenvalue weighted by Crippen LogP contribution is 2.45. The van der Waals surface area contributed by atoms with Crippen LogP contribution in [-0.2, 0) is 25.0 Å². The Hall–Kier alpha value is -2.31. The van der Waals surface area contributed by atoms with E-state index in [1.807, 2.05) is 0 Å². The fraction of sp³-hybridized carbons (Fsp3) is 0.375. The fourth-order valence-corrected chi connectivity index (χ4v) is 3.46. The number of phosphoric ester groups is 1. The molecule has 1 aromatic carbocycles. The molecule has 0 aliphatic carbocycles. The fourth-order valence-electron chi connectivity index (χ4n) is 2.73. The predicted molar refractivity (Wildman–Crippen MR) is 91.3 cm³/mol. The van der Waals surface area contributed by atoms with Crippen LogP contribution < -0.4 is 11.2 Å². The smallest absolute Gasteiger partial charge is 0.352 e. The zero-order chi connectivity index (χ0) is 22.1. The third-order valence-electron chi connectivity index (χ3n) is 4.22. The van der Waals surface area contributed by atoms with E-state index in [0.717, 1.165) is 4.57 Å². The molecule has 1 fully saturated rings. The molecule has 1 saturated heterocycles. The van der Waals surface area contributed by atoms with Gasteiger partial charge < -0.3 is 9.63 Å². The van der Waals surface area contributed by atoms with Crippen LogP contribution in [0.1, 0.15) is 24.6 Å². The topological polar surface area (TPSA) is 120 Å². The van der Waals surface area contributed by atoms with Crippen molar-refractivity contribution in [2.24, 2.45) is 0 Å². The monoisotopic (exact) mass is 454 g/mol. The molecule has 30 heavy (non-hydrogen) atoms. The van der Waals surface area contributed by atoms with Crippen LogP contribution in [0.2, 0.25) is 0 Å². The van der Waals surface area contributed by atoms with Gasteiger partial charge >= 0.3 is 13.5 Å². The summed E-state index contributed by atoms with van der Waals surface area (Å²) in [4.78, 5) is 34.2. The Balaban J connectivity index is 1.55. The van der Waals surface area contributed by atoms with E-state index >= 15 is 0 Å². The van der Waals surface area contributed by atoms with Crippen LogP contribution >= 0.6 is 7.82 Å². The number of benzene rings is 1. The highest BCUT2D eigenvalue weighted by atomic mass is 31.2. The average molecular weight is 454 g/mol. The number of halogens is 4. The van der Waals surface area contributed by atoms with Gasteiger partial charge in [0.1, 0.15) is 12.0 Å². The van der Waals surface area contributed by atoms with Crippen molar-refractivity contribution in [3.8, 4) is 0 Å². The van der Waals surface area contributed by atoms with Crippen LogP contribution in [0.5, 0.6) is 0 Å². The molecule has 3 rings (SSSR count). The first-order valence-corrected chi connectivity index (χ1v) is 9.97. The maximum absolute atomic E-state index is 13.5. The summed E-state index contributed by atoms with van der Waals surface area (Å²) in [7, 11) is -4.71. The van der Waals surface area contributed by atoms with Gasteiger partial charge in [-0.1, -0.05) is 0 Å². The van der Waals surface area contributed by atoms with Crippen LogP contribution in [0.25, 0.3) is 0 Å². The molecule has 2 aromatic rings. The summed E-state index contributed by atoms with van der Waals surface area (Å²) in [6.45, 7) is -1.33. The standard InChI is InChI=1S/C16H15F4N2O7P/c17-10-4-12(19)11(18)3-8(10)6-27-30(25,26)28-7-9-1-2-14(29-9)22-5-13(20)15(23)21-16(22)24/h3-5,9,14H,1-2,6-7H2,(H,25,26)(H,21,23,24)/t9-,14+/m0/s1. The van der Waals surface area contributed by atoms with Gasteiger partial charge in [0.05, 0.1) is 25.5 Å². The molecule has 1 unspecified atom stereocenters. The minimum absolute atomic E-state index is 0.218. The van der Waals surface area contributed by atoms with Crippen LogP contribution in [-0.4, -0.2) is 27.2 Å². The molecule has 9 nitrogen and oxygen atoms in total. The Labute approximate surface area is 165 Å². The number of aromatic amines is 1. The number of aromatic nitrogens is 2. The van der Waals surface area contributed by atoms with E-state index in [1.54, 1.807) is 4.98 Å². The van der Waals surface area contributed by atoms with Crippen molar-refractivity contribution in [1.29, 1.82) is 0 Å². The van der Waals surface area contributed by atoms with Crippen molar-refractivity contribution in [1.82, 2.24) is 9.55 Å². The normalized spacial score (nSPS) is 21.0. The second-order valence-electron chi connectivity index (χ2n) is 6.33. The highest BCUT2D eigenvalue weighted by molar-refractivity contribution is 7.47. The molecule has 2 N–H and O–H groups in total. The van der Waals surface area contributed by atoms with Crippen molar-refractivity contribution < 1.29 is 40.8 Å². The van der Waals surface area contributed by atoms with Crippen molar-refractivity contribution in [2.75, 3.05) is 6.61 Å². The summed E-state index contributed by atoms with van der Waals surface area (Å²) >= 11 is 0. The third-order valence-corrected chi connectivity index (χ3v) is 5.15. The number of rotatable bonds is 7. The summed E-state index contributed by atoms with van der Waals surface area (Å²) in [5.41, 5.74) is -2.56. The van der Waals surface area contributed by atoms with Gasteiger partial charge in [-0.25, -0.2) is 22.5 Å². The number of phosphoric acid groups is 1. The first-order valence-electron chi connectivity index (χ1n) is 8.47. The maximum Gasteiger partial charge on any atom is 0.472 e. The lowest BCUT2D eigenvalue weighted by Crippen LogP contribution is -2.34. The van der Waals surface area contributed by atoms with E-state index < -0.39 is 73.4 Å². The second-order valence-corrected chi connectivity index (χ2v) is 7.78. The van der Waals surface area contributed by atoms with E-state index in [2.05, 4.69) is 4.52 Å². The minimum atomic E-state index is -4.71. The molecule has 0 amide bonds. The Morgan fingerprint density at radius 3 is 2.53 bits per heavy atom. The van der Waals surface area contributed by atoms with Gasteiger partial charge in [0.2, 0.25) is 5.82 Å². The third kappa shape index (κ3) is 5.24. The Kier molecular flexibility index (Phi) is 6.58. The largest absolute Gasteiger partial charge is 0.472 e. The summed E-state index contributed by atoms with van der Waals surface area (Å²) < 4.78 is 80.4. The molecule has 1 aliphatic rings. The van der Waals surface area contributed by atoms with Crippen LogP contribution in [0.3, 0.4) is 0 Å². The average Bonchev–Trinajstić information content (AvgIpc) is 3.14. The van der Waals surface area contributed by atoms with Gasteiger partial charge in [-0.2, -0.15) is 4.39 Å². The molecule has 1 aliphatic heterocycles. The van der Waals surface area contributed by atoms with E-state index in [1.165, 1.54) is 0 Å². The highest BCUT2D eigenvalue weighted by Gasteiger charge is 2.31. The van der Waals surface area contributed by atoms with E-state index in [0.29, 0.717) is 12.3 Å². The van der Waals surface area contributed by atoms with Gasteiger partial charge in [0.15, 0.2) is 11.6 Å². The molecule has 14 heteroatoms. The summed E-state index contributed by atoms with van der Waals surface area (Å²) in [5.74, 6) is -5.14. The second kappa shape index (κ2) is 8.82. The first-order chi connectivity index (χ1) is 14.1. The summed E-state index contributed by atoms with van der Waals surface area (Å²) in [5, 5.41) is 0. The Morgan fingerprint density at radius 1 is 1.10 bits per heavy atom. The van der Waals surface area contributed by atoms with Gasteiger partial charge in [-0.15, -0.1) is 0 Å². The lowest BCUT2D eigenvalue weighted by Gasteiger charge is -2.17. The lowest BCUT2D eigenvalue weighted by atomic mass is 10.2. The molecule has 1 aromatic heterocycles. The predicted octanol–water partition coefficient (Wildman–Crippen LogP) is 2.10. The molecule has 0 spiro atoms. The van der Waals surface area contributed by atoms with Crippen molar-refractivity contribution in [2.45, 2.75) is 31.8 Å². The molecular formula is C16H15F4N2O7P. The summed E-state index contributed by atoms with van der Waals surface area (Å²) in [6, 6.07) is 0.752. The van der Waals surface area contributed by atoms with Gasteiger partial charge in [-0.3, -0.25) is 23.4 Å². The molecule has 0 bridgehead atoms. The van der Waals surface area contributed by atoms with Crippen molar-refractivity contribution in [3.63, 3.8) is 0 Å². The lowest BCUT2D eigenvalue weighted by molar-refractivity contribution is -0.0267. The van der Waals surface area contributed by atoms with E-state index in [4.69, 9.17) is 9.26 Å². The van der Waals surface area contributed by atoms with E-state index in [-0.39, 0.29) is 18.9 Å². The minimum Gasteiger partial charge on any atom is -0.352 e. The SMILES string of the molecule is O=c1[nH]c(=O)n([C@H]2CC[C@@H](COP(=O)(O)OCc3cc(F)c(F)cc3F)O2)cc1F. The zero-order valence-corrected chi connectivity index (χ0v) is 15.9. The van der Waals surface area contributed by atoms with Gasteiger partial charge in [0, 0.05) is 11.6 Å². The van der Waals surface area contributed by atoms with Crippen molar-refractivity contribution in [3.05, 3.63) is 68.0 Å². The molecule has 164 valence electrons. The molecule has 2 heterocycles. The number of nitrogens with zero attached hydrogens (tertiary/aromatic N) is 1. The molecular weight excluding hydrogens is 439 g/mol. The Bertz CT molecular complexity index is 1110. The van der Waals surface area contributed by atoms with Crippen LogP contribution in [0, 0.1) is 23.3 Å². The number of hydrogen-bond donors (Lipinski definition) is 2. The maximum atomic E-state index is 13.5. The number of nitrogens with one attached hydrogen (secondary N) is 1.